The van der Waals surface area contributed by atoms with Gasteiger partial charge >= 0.3 is 12.1 Å². The van der Waals surface area contributed by atoms with Gasteiger partial charge in [-0.1, -0.05) is 60.4 Å². The third-order valence-corrected chi connectivity index (χ3v) is 5.82. The first-order valence-corrected chi connectivity index (χ1v) is 10.3. The van der Waals surface area contributed by atoms with Crippen LogP contribution in [0.4, 0.5) is 4.79 Å². The molecule has 1 aliphatic carbocycles. The van der Waals surface area contributed by atoms with Gasteiger partial charge in [0.05, 0.1) is 13.7 Å². The predicted molar refractivity (Wildman–Crippen MR) is 116 cm³/mol. The quantitative estimate of drug-likeness (QED) is 0.504. The maximum Gasteiger partial charge on any atom is 0.407 e. The SMILES string of the molecule is COC(=O)c1sccc1C#CCNC(=O)OCC1c2ccccc2-c2ccccc21. The van der Waals surface area contributed by atoms with E-state index in [1.807, 2.05) is 24.3 Å². The molecule has 1 heterocycles. The number of amides is 1. The number of ether oxygens (including phenoxy) is 2. The summed E-state index contributed by atoms with van der Waals surface area (Å²) >= 11 is 1.27. The van der Waals surface area contributed by atoms with Crippen LogP contribution in [0.15, 0.2) is 60.0 Å². The number of nitrogens with one attached hydrogen (secondary N) is 1. The Hall–Kier alpha value is -3.56. The molecule has 3 aromatic rings. The number of carbonyl (C=O) groups excluding carboxylic acids is 2. The lowest BCUT2D eigenvalue weighted by molar-refractivity contribution is 0.0606. The zero-order valence-corrected chi connectivity index (χ0v) is 17.1. The van der Waals surface area contributed by atoms with Crippen LogP contribution in [-0.4, -0.2) is 32.3 Å². The van der Waals surface area contributed by atoms with Crippen molar-refractivity contribution in [3.63, 3.8) is 0 Å². The van der Waals surface area contributed by atoms with Gasteiger partial charge in [0.2, 0.25) is 0 Å². The van der Waals surface area contributed by atoms with Crippen molar-refractivity contribution in [3.8, 4) is 23.0 Å². The van der Waals surface area contributed by atoms with Crippen LogP contribution in [-0.2, 0) is 9.47 Å². The lowest BCUT2D eigenvalue weighted by atomic mass is 9.98. The van der Waals surface area contributed by atoms with Crippen LogP contribution in [0.3, 0.4) is 0 Å². The molecule has 30 heavy (non-hydrogen) atoms. The topological polar surface area (TPSA) is 64.6 Å². The van der Waals surface area contributed by atoms with Gasteiger partial charge in [-0.25, -0.2) is 9.59 Å². The number of benzene rings is 2. The van der Waals surface area contributed by atoms with E-state index in [2.05, 4.69) is 41.4 Å². The second-order valence-corrected chi connectivity index (χ2v) is 7.55. The number of rotatable bonds is 4. The van der Waals surface area contributed by atoms with E-state index in [0.717, 1.165) is 0 Å². The third-order valence-electron chi connectivity index (χ3n) is 4.92. The number of esters is 1. The van der Waals surface area contributed by atoms with Crippen molar-refractivity contribution >= 4 is 23.4 Å². The van der Waals surface area contributed by atoms with Crippen molar-refractivity contribution in [2.45, 2.75) is 5.92 Å². The molecule has 0 fully saturated rings. The Labute approximate surface area is 178 Å². The number of carbonyl (C=O) groups is 2. The number of hydrogen-bond donors (Lipinski definition) is 1. The van der Waals surface area contributed by atoms with Gasteiger partial charge in [0.25, 0.3) is 0 Å². The summed E-state index contributed by atoms with van der Waals surface area (Å²) < 4.78 is 10.2. The molecule has 0 atom stereocenters. The average molecular weight is 417 g/mol. The van der Waals surface area contributed by atoms with E-state index in [1.54, 1.807) is 11.4 Å². The average Bonchev–Trinajstić information content (AvgIpc) is 3.37. The molecule has 0 unspecified atom stereocenters. The minimum Gasteiger partial charge on any atom is -0.465 e. The third kappa shape index (κ3) is 3.93. The van der Waals surface area contributed by atoms with Gasteiger partial charge in [0, 0.05) is 11.5 Å². The molecule has 0 bridgehead atoms. The Morgan fingerprint density at radius 2 is 1.70 bits per heavy atom. The number of thiophene rings is 1. The normalized spacial score (nSPS) is 11.6. The largest absolute Gasteiger partial charge is 0.465 e. The lowest BCUT2D eigenvalue weighted by Gasteiger charge is -2.14. The molecule has 0 saturated heterocycles. The fraction of sp³-hybridized carbons (Fsp3) is 0.167. The molecule has 0 saturated carbocycles. The van der Waals surface area contributed by atoms with Crippen LogP contribution in [0, 0.1) is 11.8 Å². The van der Waals surface area contributed by atoms with Crippen molar-refractivity contribution in [1.82, 2.24) is 5.32 Å². The molecular weight excluding hydrogens is 398 g/mol. The van der Waals surface area contributed by atoms with Crippen LogP contribution < -0.4 is 5.32 Å². The Balaban J connectivity index is 1.35. The Bertz CT molecular complexity index is 1110. The van der Waals surface area contributed by atoms with E-state index in [9.17, 15) is 9.59 Å². The van der Waals surface area contributed by atoms with Gasteiger partial charge in [0.15, 0.2) is 0 Å². The molecular formula is C24H19NO4S. The summed E-state index contributed by atoms with van der Waals surface area (Å²) in [6.45, 7) is 0.372. The fourth-order valence-electron chi connectivity index (χ4n) is 3.56. The molecule has 1 aliphatic rings. The Morgan fingerprint density at radius 1 is 1.03 bits per heavy atom. The molecule has 5 nitrogen and oxygen atoms in total. The minimum absolute atomic E-state index is 0.0163. The summed E-state index contributed by atoms with van der Waals surface area (Å²) in [7, 11) is 1.33. The zero-order valence-electron chi connectivity index (χ0n) is 16.3. The van der Waals surface area contributed by atoms with E-state index in [0.29, 0.717) is 10.4 Å². The van der Waals surface area contributed by atoms with Crippen molar-refractivity contribution in [2.75, 3.05) is 20.3 Å². The maximum atomic E-state index is 12.1. The summed E-state index contributed by atoms with van der Waals surface area (Å²) in [4.78, 5) is 24.2. The number of methoxy groups -OCH3 is 1. The van der Waals surface area contributed by atoms with Gasteiger partial charge in [-0.2, -0.15) is 0 Å². The summed E-state index contributed by atoms with van der Waals surface area (Å²) in [5, 5.41) is 4.41. The second-order valence-electron chi connectivity index (χ2n) is 6.64. The van der Waals surface area contributed by atoms with Gasteiger partial charge in [-0.15, -0.1) is 11.3 Å². The maximum absolute atomic E-state index is 12.1. The highest BCUT2D eigenvalue weighted by atomic mass is 32.1. The van der Waals surface area contributed by atoms with Crippen molar-refractivity contribution in [1.29, 1.82) is 0 Å². The highest BCUT2D eigenvalue weighted by Crippen LogP contribution is 2.44. The highest BCUT2D eigenvalue weighted by molar-refractivity contribution is 7.12. The first-order chi connectivity index (χ1) is 14.7. The summed E-state index contributed by atoms with van der Waals surface area (Å²) in [6.07, 6.45) is -0.523. The number of fused-ring (bicyclic) bond motifs is 3. The van der Waals surface area contributed by atoms with Gasteiger partial charge in [-0.3, -0.25) is 0 Å². The molecule has 1 amide bonds. The number of hydrogen-bond acceptors (Lipinski definition) is 5. The standard InChI is InChI=1S/C24H19NO4S/c1-28-23(26)22-16(12-14-30-22)7-6-13-25-24(27)29-15-21-19-10-4-2-8-17(19)18-9-3-5-11-20(18)21/h2-5,8-12,14,21H,13,15H2,1H3,(H,25,27). The van der Waals surface area contributed by atoms with Crippen LogP contribution in [0.5, 0.6) is 0 Å². The first-order valence-electron chi connectivity index (χ1n) is 9.42. The fourth-order valence-corrected chi connectivity index (χ4v) is 4.33. The summed E-state index contributed by atoms with van der Waals surface area (Å²) in [5.74, 6) is 5.31. The predicted octanol–water partition coefficient (Wildman–Crippen LogP) is 4.42. The molecule has 0 spiro atoms. The van der Waals surface area contributed by atoms with Crippen LogP contribution in [0.2, 0.25) is 0 Å². The van der Waals surface area contributed by atoms with Crippen molar-refractivity contribution in [3.05, 3.63) is 81.5 Å². The van der Waals surface area contributed by atoms with Crippen LogP contribution >= 0.6 is 11.3 Å². The van der Waals surface area contributed by atoms with E-state index in [-0.39, 0.29) is 19.1 Å². The van der Waals surface area contributed by atoms with E-state index in [4.69, 9.17) is 9.47 Å². The summed E-state index contributed by atoms with van der Waals surface area (Å²) in [5.41, 5.74) is 5.29. The van der Waals surface area contributed by atoms with E-state index >= 15 is 0 Å². The summed E-state index contributed by atoms with van der Waals surface area (Å²) in [6, 6.07) is 18.1. The highest BCUT2D eigenvalue weighted by Gasteiger charge is 2.28. The second kappa shape index (κ2) is 8.85. The first kappa shape index (κ1) is 19.7. The van der Waals surface area contributed by atoms with Gasteiger partial charge in [0.1, 0.15) is 11.5 Å². The molecule has 0 radical (unpaired) electrons. The van der Waals surface area contributed by atoms with E-state index < -0.39 is 12.1 Å². The molecule has 1 aromatic heterocycles. The van der Waals surface area contributed by atoms with Gasteiger partial charge < -0.3 is 14.8 Å². The van der Waals surface area contributed by atoms with Gasteiger partial charge in [-0.05, 0) is 33.7 Å². The molecule has 6 heteroatoms. The number of alkyl carbamates (subject to hydrolysis) is 1. The molecule has 1 N–H and O–H groups in total. The molecule has 0 aliphatic heterocycles. The molecule has 150 valence electrons. The zero-order chi connectivity index (χ0) is 20.9. The molecule has 2 aromatic carbocycles. The Morgan fingerprint density at radius 3 is 2.37 bits per heavy atom. The van der Waals surface area contributed by atoms with E-state index in [1.165, 1.54) is 40.7 Å². The minimum atomic E-state index is -0.523. The monoisotopic (exact) mass is 417 g/mol. The van der Waals surface area contributed by atoms with Crippen molar-refractivity contribution in [2.24, 2.45) is 0 Å². The molecule has 4 rings (SSSR count). The van der Waals surface area contributed by atoms with Crippen molar-refractivity contribution < 1.29 is 19.1 Å². The Kier molecular flexibility index (Phi) is 5.82. The van der Waals surface area contributed by atoms with Crippen LogP contribution in [0.25, 0.3) is 11.1 Å². The smallest absolute Gasteiger partial charge is 0.407 e. The van der Waals surface area contributed by atoms with Crippen LogP contribution in [0.1, 0.15) is 32.3 Å². The lowest BCUT2D eigenvalue weighted by Crippen LogP contribution is -2.26.